The van der Waals surface area contributed by atoms with Crippen LogP contribution in [0.2, 0.25) is 0 Å². The minimum atomic E-state index is -0.251. The van der Waals surface area contributed by atoms with E-state index >= 15 is 0 Å². The maximum absolute atomic E-state index is 11.6. The molecule has 3 fully saturated rings. The topological polar surface area (TPSA) is 42.0 Å². The van der Waals surface area contributed by atoms with Crippen LogP contribution in [-0.2, 0) is 14.3 Å². The fourth-order valence-corrected chi connectivity index (χ4v) is 4.19. The first-order valence-corrected chi connectivity index (χ1v) is 8.69. The molecule has 126 valence electrons. The maximum atomic E-state index is 11.6. The van der Waals surface area contributed by atoms with Crippen LogP contribution in [-0.4, -0.2) is 66.4 Å². The molecule has 3 rings (SSSR count). The minimum Gasteiger partial charge on any atom is -0.348 e. The molecular formula is C17H30N2O3. The number of amides is 1. The van der Waals surface area contributed by atoms with Gasteiger partial charge in [-0.05, 0) is 32.6 Å². The zero-order chi connectivity index (χ0) is 15.8. The molecule has 5 heteroatoms. The van der Waals surface area contributed by atoms with Crippen LogP contribution in [0.4, 0.5) is 0 Å². The van der Waals surface area contributed by atoms with Crippen molar-refractivity contribution in [1.29, 1.82) is 0 Å². The summed E-state index contributed by atoms with van der Waals surface area (Å²) in [6.45, 7) is 11.5. The minimum absolute atomic E-state index is 0.0689. The van der Waals surface area contributed by atoms with Gasteiger partial charge in [-0.1, -0.05) is 0 Å². The molecule has 1 amide bonds. The predicted octanol–water partition coefficient (Wildman–Crippen LogP) is 1.86. The molecule has 0 bridgehead atoms. The van der Waals surface area contributed by atoms with Gasteiger partial charge in [-0.3, -0.25) is 9.69 Å². The summed E-state index contributed by atoms with van der Waals surface area (Å²) in [7, 11) is 0. The zero-order valence-electron chi connectivity index (χ0n) is 14.3. The summed E-state index contributed by atoms with van der Waals surface area (Å²) < 4.78 is 11.6. The van der Waals surface area contributed by atoms with Crippen molar-refractivity contribution < 1.29 is 14.3 Å². The van der Waals surface area contributed by atoms with E-state index in [1.54, 1.807) is 6.92 Å². The standard InChI is InChI=1S/C17H30N2O3/c1-14(20)18-8-9-19(16(2,3)13-18)12-15-4-6-17(7-5-15)21-10-11-22-17/h15H,4-13H2,1-3H3. The van der Waals surface area contributed by atoms with Crippen molar-refractivity contribution in [3.8, 4) is 0 Å². The van der Waals surface area contributed by atoms with Crippen LogP contribution in [0.25, 0.3) is 0 Å². The molecule has 3 aliphatic rings. The third-order valence-electron chi connectivity index (χ3n) is 5.68. The molecule has 2 saturated heterocycles. The third-order valence-corrected chi connectivity index (χ3v) is 5.68. The van der Waals surface area contributed by atoms with Gasteiger partial charge in [-0.2, -0.15) is 0 Å². The second kappa shape index (κ2) is 6.10. The highest BCUT2D eigenvalue weighted by Gasteiger charge is 2.42. The highest BCUT2D eigenvalue weighted by Crippen LogP contribution is 2.39. The molecule has 5 nitrogen and oxygen atoms in total. The number of nitrogens with zero attached hydrogens (tertiary/aromatic N) is 2. The lowest BCUT2D eigenvalue weighted by molar-refractivity contribution is -0.184. The number of hydrogen-bond donors (Lipinski definition) is 0. The molecule has 0 N–H and O–H groups in total. The van der Waals surface area contributed by atoms with Crippen LogP contribution in [0.1, 0.15) is 46.5 Å². The number of hydrogen-bond acceptors (Lipinski definition) is 4. The predicted molar refractivity (Wildman–Crippen MR) is 84.5 cm³/mol. The summed E-state index contributed by atoms with van der Waals surface area (Å²) in [4.78, 5) is 16.2. The van der Waals surface area contributed by atoms with E-state index in [1.807, 2.05) is 4.90 Å². The summed E-state index contributed by atoms with van der Waals surface area (Å²) in [6, 6.07) is 0. The smallest absolute Gasteiger partial charge is 0.219 e. The lowest BCUT2D eigenvalue weighted by Gasteiger charge is -2.49. The Morgan fingerprint density at radius 1 is 1.14 bits per heavy atom. The van der Waals surface area contributed by atoms with Gasteiger partial charge in [0, 0.05) is 51.5 Å². The Balaban J connectivity index is 1.52. The Kier molecular flexibility index (Phi) is 4.49. The first-order chi connectivity index (χ1) is 10.4. The molecule has 0 unspecified atom stereocenters. The summed E-state index contributed by atoms with van der Waals surface area (Å²) >= 11 is 0. The van der Waals surface area contributed by atoms with E-state index in [0.29, 0.717) is 0 Å². The number of piperazine rings is 1. The van der Waals surface area contributed by atoms with Gasteiger partial charge in [-0.15, -0.1) is 0 Å². The van der Waals surface area contributed by atoms with Crippen molar-refractivity contribution in [1.82, 2.24) is 9.80 Å². The lowest BCUT2D eigenvalue weighted by Crippen LogP contribution is -2.61. The molecule has 22 heavy (non-hydrogen) atoms. The van der Waals surface area contributed by atoms with Crippen LogP contribution < -0.4 is 0 Å². The fourth-order valence-electron chi connectivity index (χ4n) is 4.19. The summed E-state index contributed by atoms with van der Waals surface area (Å²) in [5, 5.41) is 0. The molecule has 2 heterocycles. The molecule has 0 atom stereocenters. The van der Waals surface area contributed by atoms with Crippen LogP contribution in [0.3, 0.4) is 0 Å². The fraction of sp³-hybridized carbons (Fsp3) is 0.941. The van der Waals surface area contributed by atoms with Crippen LogP contribution in [0.5, 0.6) is 0 Å². The molecule has 0 aromatic carbocycles. The van der Waals surface area contributed by atoms with E-state index in [4.69, 9.17) is 9.47 Å². The van der Waals surface area contributed by atoms with E-state index in [0.717, 1.165) is 58.2 Å². The Morgan fingerprint density at radius 2 is 1.77 bits per heavy atom. The van der Waals surface area contributed by atoms with Gasteiger partial charge in [0.2, 0.25) is 5.91 Å². The van der Waals surface area contributed by atoms with Crippen molar-refractivity contribution in [2.75, 3.05) is 39.4 Å². The summed E-state index contributed by atoms with van der Waals surface area (Å²) in [5.41, 5.74) is 0.0689. The largest absolute Gasteiger partial charge is 0.348 e. The SMILES string of the molecule is CC(=O)N1CCN(CC2CCC3(CC2)OCCO3)C(C)(C)C1. The van der Waals surface area contributed by atoms with Gasteiger partial charge in [0.25, 0.3) is 0 Å². The van der Waals surface area contributed by atoms with E-state index in [-0.39, 0.29) is 17.2 Å². The van der Waals surface area contributed by atoms with Crippen LogP contribution in [0.15, 0.2) is 0 Å². The Bertz CT molecular complexity index is 408. The highest BCUT2D eigenvalue weighted by atomic mass is 16.7. The Morgan fingerprint density at radius 3 is 2.32 bits per heavy atom. The molecule has 0 aromatic heterocycles. The van der Waals surface area contributed by atoms with Crippen molar-refractivity contribution >= 4 is 5.91 Å². The summed E-state index contributed by atoms with van der Waals surface area (Å²) in [5.74, 6) is 0.670. The highest BCUT2D eigenvalue weighted by molar-refractivity contribution is 5.73. The average Bonchev–Trinajstić information content (AvgIpc) is 2.91. The third kappa shape index (κ3) is 3.31. The van der Waals surface area contributed by atoms with Crippen LogP contribution >= 0.6 is 0 Å². The van der Waals surface area contributed by atoms with Crippen molar-refractivity contribution in [3.05, 3.63) is 0 Å². The lowest BCUT2D eigenvalue weighted by atomic mass is 9.83. The zero-order valence-corrected chi connectivity index (χ0v) is 14.3. The van der Waals surface area contributed by atoms with Gasteiger partial charge in [0.1, 0.15) is 0 Å². The second-order valence-corrected chi connectivity index (χ2v) is 7.75. The number of rotatable bonds is 2. The van der Waals surface area contributed by atoms with Crippen molar-refractivity contribution in [2.24, 2.45) is 5.92 Å². The van der Waals surface area contributed by atoms with Crippen molar-refractivity contribution in [3.63, 3.8) is 0 Å². The van der Waals surface area contributed by atoms with E-state index in [1.165, 1.54) is 12.8 Å². The van der Waals surface area contributed by atoms with Crippen LogP contribution in [0, 0.1) is 5.92 Å². The van der Waals surface area contributed by atoms with Crippen molar-refractivity contribution in [2.45, 2.75) is 57.8 Å². The van der Waals surface area contributed by atoms with Gasteiger partial charge in [0.05, 0.1) is 13.2 Å². The first-order valence-electron chi connectivity index (χ1n) is 8.69. The van der Waals surface area contributed by atoms with Gasteiger partial charge >= 0.3 is 0 Å². The van der Waals surface area contributed by atoms with E-state index < -0.39 is 0 Å². The Labute approximate surface area is 133 Å². The summed E-state index contributed by atoms with van der Waals surface area (Å²) in [6.07, 6.45) is 4.43. The van der Waals surface area contributed by atoms with Gasteiger partial charge in [-0.25, -0.2) is 0 Å². The monoisotopic (exact) mass is 310 g/mol. The molecule has 1 saturated carbocycles. The molecule has 1 aliphatic carbocycles. The van der Waals surface area contributed by atoms with E-state index in [2.05, 4.69) is 18.7 Å². The maximum Gasteiger partial charge on any atom is 0.219 e. The number of carbonyl (C=O) groups excluding carboxylic acids is 1. The quantitative estimate of drug-likeness (QED) is 0.781. The van der Waals surface area contributed by atoms with Gasteiger partial charge in [0.15, 0.2) is 5.79 Å². The molecule has 1 spiro atoms. The normalized spacial score (nSPS) is 29.1. The molecule has 0 radical (unpaired) electrons. The first kappa shape index (κ1) is 16.2. The second-order valence-electron chi connectivity index (χ2n) is 7.75. The molecule has 2 aliphatic heterocycles. The van der Waals surface area contributed by atoms with Gasteiger partial charge < -0.3 is 14.4 Å². The average molecular weight is 310 g/mol. The molecule has 0 aromatic rings. The van der Waals surface area contributed by atoms with E-state index in [9.17, 15) is 4.79 Å². The number of carbonyl (C=O) groups is 1. The molecular weight excluding hydrogens is 280 g/mol. The number of ether oxygens (including phenoxy) is 2. The Hall–Kier alpha value is -0.650.